The zero-order valence-corrected chi connectivity index (χ0v) is 35.9. The molecule has 0 spiro atoms. The summed E-state index contributed by atoms with van der Waals surface area (Å²) in [5, 5.41) is 40.1. The highest BCUT2D eigenvalue weighted by atomic mass is 16.7. The first-order chi connectivity index (χ1) is 27.4. The van der Waals surface area contributed by atoms with Gasteiger partial charge in [0.1, 0.15) is 30.5 Å². The Balaban J connectivity index is 2.25. The molecule has 9 heteroatoms. The van der Waals surface area contributed by atoms with E-state index in [9.17, 15) is 25.2 Å². The van der Waals surface area contributed by atoms with Crippen molar-refractivity contribution in [3.05, 3.63) is 36.5 Å². The van der Waals surface area contributed by atoms with E-state index in [1.807, 2.05) is 0 Å². The van der Waals surface area contributed by atoms with Gasteiger partial charge in [-0.25, -0.2) is 0 Å². The molecule has 0 aromatic rings. The molecule has 328 valence electrons. The van der Waals surface area contributed by atoms with Crippen molar-refractivity contribution in [2.24, 2.45) is 0 Å². The fourth-order valence-corrected chi connectivity index (χ4v) is 6.91. The van der Waals surface area contributed by atoms with E-state index in [4.69, 9.17) is 18.9 Å². The van der Waals surface area contributed by atoms with Crippen LogP contribution >= 0.6 is 0 Å². The van der Waals surface area contributed by atoms with E-state index >= 15 is 0 Å². The average Bonchev–Trinajstić information content (AvgIpc) is 3.20. The van der Waals surface area contributed by atoms with Crippen molar-refractivity contribution in [3.8, 4) is 0 Å². The summed E-state index contributed by atoms with van der Waals surface area (Å²) in [6, 6.07) is 0. The lowest BCUT2D eigenvalue weighted by molar-refractivity contribution is -0.305. The summed E-state index contributed by atoms with van der Waals surface area (Å²) in [5.41, 5.74) is 0. The zero-order chi connectivity index (χ0) is 40.7. The van der Waals surface area contributed by atoms with Crippen molar-refractivity contribution < 1.29 is 44.2 Å². The van der Waals surface area contributed by atoms with Crippen LogP contribution in [0.15, 0.2) is 36.5 Å². The molecule has 9 nitrogen and oxygen atoms in total. The fraction of sp³-hybridized carbons (Fsp3) is 0.851. The molecular formula is C47H86O9. The third kappa shape index (κ3) is 29.6. The molecule has 6 unspecified atom stereocenters. The van der Waals surface area contributed by atoms with Gasteiger partial charge in [0.25, 0.3) is 0 Å². The van der Waals surface area contributed by atoms with E-state index in [2.05, 4.69) is 50.3 Å². The number of carbonyl (C=O) groups is 1. The summed E-state index contributed by atoms with van der Waals surface area (Å²) in [6.45, 7) is 4.54. The number of rotatable bonds is 39. The molecule has 56 heavy (non-hydrogen) atoms. The van der Waals surface area contributed by atoms with E-state index in [1.165, 1.54) is 116 Å². The molecular weight excluding hydrogens is 709 g/mol. The van der Waals surface area contributed by atoms with Crippen LogP contribution in [0.1, 0.15) is 194 Å². The molecule has 6 atom stereocenters. The Kier molecular flexibility index (Phi) is 36.4. The molecule has 0 saturated carbocycles. The van der Waals surface area contributed by atoms with E-state index in [0.717, 1.165) is 57.8 Å². The van der Waals surface area contributed by atoms with E-state index < -0.39 is 43.4 Å². The molecule has 1 saturated heterocycles. The minimum Gasteiger partial charge on any atom is -0.457 e. The smallest absolute Gasteiger partial charge is 0.306 e. The van der Waals surface area contributed by atoms with Crippen molar-refractivity contribution in [2.75, 3.05) is 26.4 Å². The highest BCUT2D eigenvalue weighted by molar-refractivity contribution is 5.69. The number of carbonyl (C=O) groups excluding carboxylic acids is 1. The highest BCUT2D eigenvalue weighted by Gasteiger charge is 2.44. The maximum absolute atomic E-state index is 12.8. The Labute approximate surface area is 342 Å². The molecule has 0 radical (unpaired) electrons. The number of hydrogen-bond donors (Lipinski definition) is 4. The van der Waals surface area contributed by atoms with Gasteiger partial charge in [-0.05, 0) is 51.4 Å². The zero-order valence-electron chi connectivity index (χ0n) is 35.9. The topological polar surface area (TPSA) is 135 Å². The number of aliphatic hydroxyl groups excluding tert-OH is 4. The first kappa shape index (κ1) is 52.4. The second kappa shape index (κ2) is 38.9. The van der Waals surface area contributed by atoms with Crippen LogP contribution in [0.2, 0.25) is 0 Å². The molecule has 1 heterocycles. The maximum Gasteiger partial charge on any atom is 0.306 e. The predicted octanol–water partition coefficient (Wildman–Crippen LogP) is 10.4. The third-order valence-corrected chi connectivity index (χ3v) is 10.6. The summed E-state index contributed by atoms with van der Waals surface area (Å²) in [7, 11) is 0. The maximum atomic E-state index is 12.8. The van der Waals surface area contributed by atoms with Crippen LogP contribution in [-0.2, 0) is 23.7 Å². The second-order valence-corrected chi connectivity index (χ2v) is 15.9. The van der Waals surface area contributed by atoms with Gasteiger partial charge in [0.05, 0.1) is 19.8 Å². The molecule has 1 rings (SSSR count). The molecule has 1 aliphatic heterocycles. The molecule has 4 N–H and O–H groups in total. The minimum absolute atomic E-state index is 0.117. The quantitative estimate of drug-likeness (QED) is 0.0272. The molecule has 0 aromatic heterocycles. The number of aliphatic hydroxyl groups is 4. The minimum atomic E-state index is -1.54. The van der Waals surface area contributed by atoms with Gasteiger partial charge in [0.2, 0.25) is 0 Å². The number of hydrogen-bond acceptors (Lipinski definition) is 9. The average molecular weight is 795 g/mol. The lowest BCUT2D eigenvalue weighted by Gasteiger charge is -2.39. The van der Waals surface area contributed by atoms with E-state index in [0.29, 0.717) is 13.0 Å². The normalized spacial score (nSPS) is 20.9. The van der Waals surface area contributed by atoms with Crippen molar-refractivity contribution in [1.82, 2.24) is 0 Å². The molecule has 1 fully saturated rings. The molecule has 0 bridgehead atoms. The van der Waals surface area contributed by atoms with Gasteiger partial charge < -0.3 is 39.4 Å². The van der Waals surface area contributed by atoms with Crippen LogP contribution in [0.25, 0.3) is 0 Å². The van der Waals surface area contributed by atoms with Gasteiger partial charge in [-0.1, -0.05) is 172 Å². The van der Waals surface area contributed by atoms with Crippen LogP contribution in [-0.4, -0.2) is 89.6 Å². The van der Waals surface area contributed by atoms with Crippen LogP contribution in [0.3, 0.4) is 0 Å². The highest BCUT2D eigenvalue weighted by Crippen LogP contribution is 2.22. The van der Waals surface area contributed by atoms with Gasteiger partial charge in [-0.3, -0.25) is 4.79 Å². The Hall–Kier alpha value is -1.59. The van der Waals surface area contributed by atoms with Crippen LogP contribution in [0.4, 0.5) is 0 Å². The first-order valence-electron chi connectivity index (χ1n) is 23.1. The SMILES string of the molecule is CCCCCCC/C=C\C/C=C\C/C=C\CCCCCCCCC(=O)OC(COCCCCCCCCCCCCCC)COC1OC(CO)C(O)C(O)C1O. The number of ether oxygens (including phenoxy) is 4. The Morgan fingerprint density at radius 1 is 0.571 bits per heavy atom. The van der Waals surface area contributed by atoms with Crippen molar-refractivity contribution >= 4 is 5.97 Å². The van der Waals surface area contributed by atoms with E-state index in [-0.39, 0.29) is 19.2 Å². The monoisotopic (exact) mass is 795 g/mol. The van der Waals surface area contributed by atoms with Gasteiger partial charge in [-0.2, -0.15) is 0 Å². The Morgan fingerprint density at radius 3 is 1.55 bits per heavy atom. The predicted molar refractivity (Wildman–Crippen MR) is 228 cm³/mol. The van der Waals surface area contributed by atoms with Crippen LogP contribution < -0.4 is 0 Å². The molecule has 0 aliphatic carbocycles. The van der Waals surface area contributed by atoms with Gasteiger partial charge in [-0.15, -0.1) is 0 Å². The number of allylic oxidation sites excluding steroid dienone is 6. The van der Waals surface area contributed by atoms with Gasteiger partial charge in [0, 0.05) is 13.0 Å². The lowest BCUT2D eigenvalue weighted by Crippen LogP contribution is -2.59. The van der Waals surface area contributed by atoms with Gasteiger partial charge >= 0.3 is 5.97 Å². The second-order valence-electron chi connectivity index (χ2n) is 15.9. The largest absolute Gasteiger partial charge is 0.457 e. The third-order valence-electron chi connectivity index (χ3n) is 10.6. The molecule has 0 aromatic carbocycles. The first-order valence-corrected chi connectivity index (χ1v) is 23.1. The fourth-order valence-electron chi connectivity index (χ4n) is 6.91. The molecule has 0 amide bonds. The standard InChI is InChI=1S/C47H86O9/c1-3-5-7-9-11-13-15-17-18-19-20-21-22-23-24-25-26-28-30-32-34-36-43(49)55-41(40-54-47-46(52)45(51)44(50)42(38-48)56-47)39-53-37-35-33-31-29-27-16-14-12-10-8-6-4-2/h15,17,19-20,22-23,41-42,44-48,50-52H,3-14,16,18,21,24-40H2,1-2H3/b17-15-,20-19-,23-22-. The summed E-state index contributed by atoms with van der Waals surface area (Å²) in [5.74, 6) is -0.325. The van der Waals surface area contributed by atoms with Crippen LogP contribution in [0, 0.1) is 0 Å². The number of esters is 1. The summed E-state index contributed by atoms with van der Waals surface area (Å²) in [4.78, 5) is 12.8. The Morgan fingerprint density at radius 2 is 1.04 bits per heavy atom. The van der Waals surface area contributed by atoms with Crippen molar-refractivity contribution in [3.63, 3.8) is 0 Å². The lowest BCUT2D eigenvalue weighted by atomic mass is 9.99. The Bertz CT molecular complexity index is 952. The summed E-state index contributed by atoms with van der Waals surface area (Å²) < 4.78 is 22.8. The van der Waals surface area contributed by atoms with Crippen molar-refractivity contribution in [2.45, 2.75) is 230 Å². The van der Waals surface area contributed by atoms with E-state index in [1.54, 1.807) is 0 Å². The number of unbranched alkanes of at least 4 members (excludes halogenated alkanes) is 22. The van der Waals surface area contributed by atoms with Crippen LogP contribution in [0.5, 0.6) is 0 Å². The molecule has 1 aliphatic rings. The van der Waals surface area contributed by atoms with Crippen molar-refractivity contribution in [1.29, 1.82) is 0 Å². The summed E-state index contributed by atoms with van der Waals surface area (Å²) in [6.07, 6.45) is 38.8. The summed E-state index contributed by atoms with van der Waals surface area (Å²) >= 11 is 0. The van der Waals surface area contributed by atoms with Gasteiger partial charge in [0.15, 0.2) is 6.29 Å².